The molecule has 1 heterocycles. The van der Waals surface area contributed by atoms with Gasteiger partial charge in [0.25, 0.3) is 11.4 Å². The van der Waals surface area contributed by atoms with Crippen molar-refractivity contribution in [2.75, 3.05) is 0 Å². The van der Waals surface area contributed by atoms with Crippen LogP contribution in [0.25, 0.3) is 11.0 Å². The van der Waals surface area contributed by atoms with E-state index in [9.17, 15) is 20.2 Å². The standard InChI is InChI=1S/C16H14N4O4S/c1-2-9-18-13-6-4-3-5-12(13)17-16(18)25-15-8-7-11(19(21)22)10-14(15)20(23)24/h3-8,10H,2,9H2,1H3. The van der Waals surface area contributed by atoms with Crippen LogP contribution in [0.2, 0.25) is 0 Å². The summed E-state index contributed by atoms with van der Waals surface area (Å²) in [6.45, 7) is 2.77. The van der Waals surface area contributed by atoms with E-state index in [0.29, 0.717) is 10.1 Å². The summed E-state index contributed by atoms with van der Waals surface area (Å²) in [6, 6.07) is 11.3. The molecule has 3 rings (SSSR count). The minimum absolute atomic E-state index is 0.297. The zero-order chi connectivity index (χ0) is 18.0. The van der Waals surface area contributed by atoms with E-state index in [4.69, 9.17) is 0 Å². The number of para-hydroxylation sites is 2. The molecule has 0 spiro atoms. The summed E-state index contributed by atoms with van der Waals surface area (Å²) in [5.41, 5.74) is 1.16. The normalized spacial score (nSPS) is 10.9. The molecule has 0 radical (unpaired) electrons. The van der Waals surface area contributed by atoms with Gasteiger partial charge in [-0.2, -0.15) is 0 Å². The molecule has 0 unspecified atom stereocenters. The van der Waals surface area contributed by atoms with Crippen molar-refractivity contribution >= 4 is 34.2 Å². The molecule has 128 valence electrons. The van der Waals surface area contributed by atoms with Crippen molar-refractivity contribution in [3.05, 3.63) is 62.7 Å². The quantitative estimate of drug-likeness (QED) is 0.477. The average molecular weight is 358 g/mol. The predicted molar refractivity (Wildman–Crippen MR) is 93.9 cm³/mol. The van der Waals surface area contributed by atoms with Crippen LogP contribution in [0, 0.1) is 20.2 Å². The second-order valence-corrected chi connectivity index (χ2v) is 6.31. The Labute approximate surface area is 146 Å². The van der Waals surface area contributed by atoms with E-state index >= 15 is 0 Å². The zero-order valence-electron chi connectivity index (χ0n) is 13.3. The number of nitrogens with zero attached hydrogens (tertiary/aromatic N) is 4. The highest BCUT2D eigenvalue weighted by atomic mass is 32.2. The Bertz CT molecular complexity index is 970. The number of hydrogen-bond acceptors (Lipinski definition) is 6. The van der Waals surface area contributed by atoms with E-state index in [1.54, 1.807) is 0 Å². The van der Waals surface area contributed by atoms with Gasteiger partial charge in [-0.1, -0.05) is 19.1 Å². The fraction of sp³-hybridized carbons (Fsp3) is 0.188. The SMILES string of the molecule is CCCn1c(Sc2ccc([N+](=O)[O-])cc2[N+](=O)[O-])nc2ccccc21. The number of nitro benzene ring substituents is 2. The number of aryl methyl sites for hydroxylation is 1. The van der Waals surface area contributed by atoms with Gasteiger partial charge in [-0.15, -0.1) is 0 Å². The number of nitro groups is 2. The Hall–Kier alpha value is -2.94. The molecule has 0 fully saturated rings. The van der Waals surface area contributed by atoms with Crippen LogP contribution < -0.4 is 0 Å². The minimum Gasteiger partial charge on any atom is -0.319 e. The Morgan fingerprint density at radius 3 is 2.56 bits per heavy atom. The second kappa shape index (κ2) is 6.89. The monoisotopic (exact) mass is 358 g/mol. The molecule has 0 atom stereocenters. The first-order valence-corrected chi connectivity index (χ1v) is 8.39. The summed E-state index contributed by atoms with van der Waals surface area (Å²) in [7, 11) is 0. The maximum Gasteiger partial charge on any atom is 0.290 e. The molecule has 0 aliphatic carbocycles. The number of fused-ring (bicyclic) bond motifs is 1. The van der Waals surface area contributed by atoms with Gasteiger partial charge in [0.1, 0.15) is 0 Å². The topological polar surface area (TPSA) is 104 Å². The third-order valence-corrected chi connectivity index (χ3v) is 4.68. The van der Waals surface area contributed by atoms with Crippen molar-refractivity contribution in [1.29, 1.82) is 0 Å². The summed E-state index contributed by atoms with van der Waals surface area (Å²) >= 11 is 1.14. The number of non-ortho nitro benzene ring substituents is 1. The molecule has 25 heavy (non-hydrogen) atoms. The molecular weight excluding hydrogens is 344 g/mol. The highest BCUT2D eigenvalue weighted by Crippen LogP contribution is 2.37. The van der Waals surface area contributed by atoms with E-state index < -0.39 is 9.85 Å². The summed E-state index contributed by atoms with van der Waals surface area (Å²) in [6.07, 6.45) is 0.885. The fourth-order valence-corrected chi connectivity index (χ4v) is 3.53. The molecule has 0 bridgehead atoms. The lowest BCUT2D eigenvalue weighted by Crippen LogP contribution is -1.99. The number of imidazole rings is 1. The average Bonchev–Trinajstić information content (AvgIpc) is 2.93. The summed E-state index contributed by atoms with van der Waals surface area (Å²) in [4.78, 5) is 25.8. The van der Waals surface area contributed by atoms with Crippen LogP contribution in [0.4, 0.5) is 11.4 Å². The first-order chi connectivity index (χ1) is 12.0. The summed E-state index contributed by atoms with van der Waals surface area (Å²) in [5.74, 6) is 0. The van der Waals surface area contributed by atoms with E-state index in [-0.39, 0.29) is 11.4 Å². The molecule has 9 heteroatoms. The van der Waals surface area contributed by atoms with Gasteiger partial charge in [0.05, 0.1) is 31.8 Å². The summed E-state index contributed by atoms with van der Waals surface area (Å²) < 4.78 is 2.01. The van der Waals surface area contributed by atoms with E-state index in [1.165, 1.54) is 12.1 Å². The van der Waals surface area contributed by atoms with Crippen molar-refractivity contribution in [2.24, 2.45) is 0 Å². The number of benzene rings is 2. The van der Waals surface area contributed by atoms with Gasteiger partial charge in [0.15, 0.2) is 5.16 Å². The van der Waals surface area contributed by atoms with Crippen LogP contribution in [0.15, 0.2) is 52.5 Å². The first-order valence-electron chi connectivity index (χ1n) is 7.57. The van der Waals surface area contributed by atoms with Crippen molar-refractivity contribution in [3.63, 3.8) is 0 Å². The smallest absolute Gasteiger partial charge is 0.290 e. The van der Waals surface area contributed by atoms with E-state index in [2.05, 4.69) is 4.98 Å². The van der Waals surface area contributed by atoms with Crippen LogP contribution in [0.3, 0.4) is 0 Å². The van der Waals surface area contributed by atoms with Crippen LogP contribution in [0.5, 0.6) is 0 Å². The van der Waals surface area contributed by atoms with Gasteiger partial charge in [0.2, 0.25) is 0 Å². The molecule has 0 aliphatic rings. The highest BCUT2D eigenvalue weighted by Gasteiger charge is 2.22. The molecule has 0 saturated carbocycles. The zero-order valence-corrected chi connectivity index (χ0v) is 14.1. The van der Waals surface area contributed by atoms with Crippen molar-refractivity contribution in [3.8, 4) is 0 Å². The Kier molecular flexibility index (Phi) is 4.66. The highest BCUT2D eigenvalue weighted by molar-refractivity contribution is 7.99. The molecule has 3 aromatic rings. The molecule has 1 aromatic heterocycles. The molecule has 0 saturated heterocycles. The maximum absolute atomic E-state index is 11.3. The van der Waals surface area contributed by atoms with Gasteiger partial charge in [-0.05, 0) is 36.4 Å². The Balaban J connectivity index is 2.08. The van der Waals surface area contributed by atoms with E-state index in [0.717, 1.165) is 41.8 Å². The van der Waals surface area contributed by atoms with Crippen molar-refractivity contribution in [2.45, 2.75) is 29.9 Å². The first kappa shape index (κ1) is 16.9. The van der Waals surface area contributed by atoms with E-state index in [1.807, 2.05) is 35.8 Å². The third kappa shape index (κ3) is 3.31. The van der Waals surface area contributed by atoms with Gasteiger partial charge in [-0.3, -0.25) is 20.2 Å². The van der Waals surface area contributed by atoms with Crippen LogP contribution in [-0.4, -0.2) is 19.4 Å². The number of hydrogen-bond donors (Lipinski definition) is 0. The molecule has 0 amide bonds. The Morgan fingerprint density at radius 1 is 1.12 bits per heavy atom. The molecule has 2 aromatic carbocycles. The lowest BCUT2D eigenvalue weighted by molar-refractivity contribution is -0.396. The molecule has 0 N–H and O–H groups in total. The molecule has 8 nitrogen and oxygen atoms in total. The molecular formula is C16H14N4O4S. The Morgan fingerprint density at radius 2 is 1.88 bits per heavy atom. The van der Waals surface area contributed by atoms with Crippen LogP contribution in [0.1, 0.15) is 13.3 Å². The van der Waals surface area contributed by atoms with Gasteiger partial charge in [-0.25, -0.2) is 4.98 Å². The molecule has 0 aliphatic heterocycles. The maximum atomic E-state index is 11.3. The predicted octanol–water partition coefficient (Wildman–Crippen LogP) is 4.41. The minimum atomic E-state index is -0.645. The van der Waals surface area contributed by atoms with Crippen LogP contribution in [-0.2, 0) is 6.54 Å². The van der Waals surface area contributed by atoms with Crippen molar-refractivity contribution < 1.29 is 9.85 Å². The van der Waals surface area contributed by atoms with Gasteiger partial charge in [0, 0.05) is 12.6 Å². The largest absolute Gasteiger partial charge is 0.319 e. The fourth-order valence-electron chi connectivity index (χ4n) is 2.52. The second-order valence-electron chi connectivity index (χ2n) is 5.30. The lowest BCUT2D eigenvalue weighted by atomic mass is 10.3. The van der Waals surface area contributed by atoms with Crippen molar-refractivity contribution in [1.82, 2.24) is 9.55 Å². The van der Waals surface area contributed by atoms with Crippen LogP contribution >= 0.6 is 11.8 Å². The third-order valence-electron chi connectivity index (χ3n) is 3.62. The van der Waals surface area contributed by atoms with Gasteiger partial charge < -0.3 is 4.57 Å². The lowest BCUT2D eigenvalue weighted by Gasteiger charge is -2.07. The number of rotatable bonds is 6. The van der Waals surface area contributed by atoms with Gasteiger partial charge >= 0.3 is 0 Å². The summed E-state index contributed by atoms with van der Waals surface area (Å²) in [5, 5.41) is 22.8. The number of aromatic nitrogens is 2.